The molecule has 0 aliphatic carbocycles. The molecular weight excluding hydrogens is 222 g/mol. The third kappa shape index (κ3) is 5.84. The van der Waals surface area contributed by atoms with Gasteiger partial charge in [0.15, 0.2) is 6.10 Å². The largest absolute Gasteiger partial charge is 0.359 e. The summed E-state index contributed by atoms with van der Waals surface area (Å²) in [5.41, 5.74) is 0.950. The number of hydrogen-bond donors (Lipinski definition) is 0. The molecule has 0 heterocycles. The third-order valence-corrected chi connectivity index (χ3v) is 3.00. The fraction of sp³-hybridized carbons (Fsp3) is 0.562. The van der Waals surface area contributed by atoms with Gasteiger partial charge >= 0.3 is 0 Å². The zero-order valence-electron chi connectivity index (χ0n) is 11.3. The minimum atomic E-state index is -0.415. The number of benzene rings is 1. The fourth-order valence-electron chi connectivity index (χ4n) is 1.92. The van der Waals surface area contributed by atoms with Crippen LogP contribution in [0.3, 0.4) is 0 Å². The predicted molar refractivity (Wildman–Crippen MR) is 74.1 cm³/mol. The number of hydrogen-bond acceptors (Lipinski definition) is 2. The molecule has 0 saturated heterocycles. The van der Waals surface area contributed by atoms with Gasteiger partial charge in [0.25, 0.3) is 0 Å². The lowest BCUT2D eigenvalue weighted by Gasteiger charge is -2.10. The van der Waals surface area contributed by atoms with E-state index in [1.807, 2.05) is 30.3 Å². The van der Waals surface area contributed by atoms with Crippen molar-refractivity contribution in [2.45, 2.75) is 51.6 Å². The molecule has 98 valence electrons. The number of unbranched alkanes of at least 4 members (excludes halogenated alkanes) is 5. The molecule has 0 aliphatic rings. The van der Waals surface area contributed by atoms with Gasteiger partial charge in [0.2, 0.25) is 0 Å². The summed E-state index contributed by atoms with van der Waals surface area (Å²) in [6.45, 7) is 2.90. The topological polar surface area (TPSA) is 33.0 Å². The van der Waals surface area contributed by atoms with Crippen LogP contribution in [0.4, 0.5) is 0 Å². The van der Waals surface area contributed by atoms with Gasteiger partial charge in [-0.2, -0.15) is 5.26 Å². The Morgan fingerprint density at radius 2 is 1.72 bits per heavy atom. The molecule has 1 rings (SSSR count). The SMILES string of the molecule is CCCCCCCCOC(C#N)c1ccccc1. The van der Waals surface area contributed by atoms with E-state index in [-0.39, 0.29) is 0 Å². The van der Waals surface area contributed by atoms with Crippen molar-refractivity contribution in [2.75, 3.05) is 6.61 Å². The highest BCUT2D eigenvalue weighted by atomic mass is 16.5. The van der Waals surface area contributed by atoms with Crippen molar-refractivity contribution in [3.05, 3.63) is 35.9 Å². The van der Waals surface area contributed by atoms with Crippen molar-refractivity contribution < 1.29 is 4.74 Å². The number of ether oxygens (including phenoxy) is 1. The summed E-state index contributed by atoms with van der Waals surface area (Å²) in [6, 6.07) is 11.9. The van der Waals surface area contributed by atoms with Crippen molar-refractivity contribution in [1.29, 1.82) is 5.26 Å². The van der Waals surface area contributed by atoms with Gasteiger partial charge in [-0.15, -0.1) is 0 Å². The van der Waals surface area contributed by atoms with Crippen LogP contribution in [0.2, 0.25) is 0 Å². The molecule has 0 saturated carbocycles. The van der Waals surface area contributed by atoms with Gasteiger partial charge < -0.3 is 4.74 Å². The molecule has 1 unspecified atom stereocenters. The van der Waals surface area contributed by atoms with E-state index in [4.69, 9.17) is 10.00 Å². The lowest BCUT2D eigenvalue weighted by atomic mass is 10.1. The van der Waals surface area contributed by atoms with Crippen molar-refractivity contribution in [1.82, 2.24) is 0 Å². The van der Waals surface area contributed by atoms with E-state index >= 15 is 0 Å². The molecule has 0 radical (unpaired) electrons. The van der Waals surface area contributed by atoms with E-state index in [9.17, 15) is 0 Å². The molecule has 0 aliphatic heterocycles. The van der Waals surface area contributed by atoms with Gasteiger partial charge in [-0.1, -0.05) is 69.4 Å². The van der Waals surface area contributed by atoms with Crippen LogP contribution in [0.15, 0.2) is 30.3 Å². The molecule has 0 aromatic heterocycles. The maximum atomic E-state index is 9.08. The fourth-order valence-corrected chi connectivity index (χ4v) is 1.92. The van der Waals surface area contributed by atoms with E-state index in [1.54, 1.807) is 0 Å². The Kier molecular flexibility index (Phi) is 7.92. The van der Waals surface area contributed by atoms with E-state index in [2.05, 4.69) is 13.0 Å². The molecule has 18 heavy (non-hydrogen) atoms. The van der Waals surface area contributed by atoms with Gasteiger partial charge in [-0.05, 0) is 12.0 Å². The quantitative estimate of drug-likeness (QED) is 0.594. The first kappa shape index (κ1) is 14.7. The first-order valence-corrected chi connectivity index (χ1v) is 6.94. The van der Waals surface area contributed by atoms with E-state index in [1.165, 1.54) is 32.1 Å². The summed E-state index contributed by atoms with van der Waals surface area (Å²) in [6.07, 6.45) is 7.03. The lowest BCUT2D eigenvalue weighted by molar-refractivity contribution is 0.0867. The highest BCUT2D eigenvalue weighted by molar-refractivity contribution is 5.21. The Balaban J connectivity index is 2.16. The molecule has 1 aromatic rings. The van der Waals surface area contributed by atoms with Crippen LogP contribution in [-0.4, -0.2) is 6.61 Å². The van der Waals surface area contributed by atoms with E-state index in [0.29, 0.717) is 6.61 Å². The first-order chi connectivity index (χ1) is 8.88. The molecular formula is C16H23NO. The Hall–Kier alpha value is -1.33. The highest BCUT2D eigenvalue weighted by Gasteiger charge is 2.09. The second-order valence-corrected chi connectivity index (χ2v) is 4.56. The van der Waals surface area contributed by atoms with Crippen LogP contribution < -0.4 is 0 Å². The minimum absolute atomic E-state index is 0.415. The van der Waals surface area contributed by atoms with Crippen LogP contribution in [0.5, 0.6) is 0 Å². The molecule has 0 amide bonds. The zero-order valence-corrected chi connectivity index (χ0v) is 11.3. The maximum absolute atomic E-state index is 9.08. The van der Waals surface area contributed by atoms with Crippen molar-refractivity contribution >= 4 is 0 Å². The summed E-state index contributed by atoms with van der Waals surface area (Å²) >= 11 is 0. The van der Waals surface area contributed by atoms with Gasteiger partial charge in [0.05, 0.1) is 6.07 Å². The van der Waals surface area contributed by atoms with Gasteiger partial charge in [-0.3, -0.25) is 0 Å². The molecule has 0 fully saturated rings. The van der Waals surface area contributed by atoms with Crippen LogP contribution in [0.1, 0.15) is 57.1 Å². The predicted octanol–water partition coefficient (Wildman–Crippen LogP) is 4.63. The number of nitrogens with zero attached hydrogens (tertiary/aromatic N) is 1. The Morgan fingerprint density at radius 3 is 2.39 bits per heavy atom. The van der Waals surface area contributed by atoms with E-state index in [0.717, 1.165) is 12.0 Å². The smallest absolute Gasteiger partial charge is 0.169 e. The van der Waals surface area contributed by atoms with E-state index < -0.39 is 6.10 Å². The summed E-state index contributed by atoms with van der Waals surface area (Å²) in [5, 5.41) is 9.08. The average Bonchev–Trinajstić information content (AvgIpc) is 2.43. The second-order valence-electron chi connectivity index (χ2n) is 4.56. The van der Waals surface area contributed by atoms with Crippen molar-refractivity contribution in [3.8, 4) is 6.07 Å². The van der Waals surface area contributed by atoms with Gasteiger partial charge in [0, 0.05) is 6.61 Å². The monoisotopic (exact) mass is 245 g/mol. The Labute approximate surface area is 111 Å². The summed E-state index contributed by atoms with van der Waals surface area (Å²) in [4.78, 5) is 0. The molecule has 0 N–H and O–H groups in total. The number of rotatable bonds is 9. The molecule has 0 spiro atoms. The van der Waals surface area contributed by atoms with Crippen LogP contribution in [0.25, 0.3) is 0 Å². The molecule has 2 nitrogen and oxygen atoms in total. The second kappa shape index (κ2) is 9.67. The first-order valence-electron chi connectivity index (χ1n) is 6.94. The third-order valence-electron chi connectivity index (χ3n) is 3.00. The normalized spacial score (nSPS) is 12.0. The molecule has 0 bridgehead atoms. The molecule has 1 atom stereocenters. The van der Waals surface area contributed by atoms with Crippen molar-refractivity contribution in [2.24, 2.45) is 0 Å². The standard InChI is InChI=1S/C16H23NO/c1-2-3-4-5-6-10-13-18-16(14-17)15-11-8-7-9-12-15/h7-9,11-12,16H,2-6,10,13H2,1H3. The number of nitriles is 1. The van der Waals surface area contributed by atoms with Crippen LogP contribution in [0, 0.1) is 11.3 Å². The zero-order chi connectivity index (χ0) is 13.1. The maximum Gasteiger partial charge on any atom is 0.169 e. The summed E-state index contributed by atoms with van der Waals surface area (Å²) in [5.74, 6) is 0. The van der Waals surface area contributed by atoms with Crippen LogP contribution >= 0.6 is 0 Å². The van der Waals surface area contributed by atoms with Crippen LogP contribution in [-0.2, 0) is 4.74 Å². The average molecular weight is 245 g/mol. The van der Waals surface area contributed by atoms with Gasteiger partial charge in [-0.25, -0.2) is 0 Å². The Bertz CT molecular complexity index is 342. The van der Waals surface area contributed by atoms with Crippen molar-refractivity contribution in [3.63, 3.8) is 0 Å². The highest BCUT2D eigenvalue weighted by Crippen LogP contribution is 2.16. The molecule has 2 heteroatoms. The summed E-state index contributed by atoms with van der Waals surface area (Å²) < 4.78 is 5.62. The summed E-state index contributed by atoms with van der Waals surface area (Å²) in [7, 11) is 0. The molecule has 1 aromatic carbocycles. The van der Waals surface area contributed by atoms with Gasteiger partial charge in [0.1, 0.15) is 0 Å². The Morgan fingerprint density at radius 1 is 1.06 bits per heavy atom. The minimum Gasteiger partial charge on any atom is -0.359 e. The lowest BCUT2D eigenvalue weighted by Crippen LogP contribution is -2.03.